The Kier molecular flexibility index (Phi) is 5.61. The van der Waals surface area contributed by atoms with Gasteiger partial charge in [-0.05, 0) is 31.5 Å². The lowest BCUT2D eigenvalue weighted by Gasteiger charge is -2.09. The summed E-state index contributed by atoms with van der Waals surface area (Å²) < 4.78 is 16.5. The molecule has 0 aromatic heterocycles. The van der Waals surface area contributed by atoms with Gasteiger partial charge in [0.15, 0.2) is 0 Å². The molecule has 5 nitrogen and oxygen atoms in total. The Balaban J connectivity index is 1.64. The van der Waals surface area contributed by atoms with Crippen molar-refractivity contribution in [2.24, 2.45) is 0 Å². The number of halogens is 1. The van der Waals surface area contributed by atoms with Crippen LogP contribution in [0.5, 0.6) is 5.75 Å². The van der Waals surface area contributed by atoms with E-state index in [-0.39, 0.29) is 12.5 Å². The van der Waals surface area contributed by atoms with E-state index in [1.54, 1.807) is 6.92 Å². The highest BCUT2D eigenvalue weighted by molar-refractivity contribution is 9.10. The molecule has 2 rings (SSSR count). The zero-order valence-corrected chi connectivity index (χ0v) is 13.3. The van der Waals surface area contributed by atoms with Gasteiger partial charge in [0.05, 0.1) is 6.61 Å². The first kappa shape index (κ1) is 15.8. The number of rotatable bonds is 6. The molecule has 0 radical (unpaired) electrons. The summed E-state index contributed by atoms with van der Waals surface area (Å²) in [6, 6.07) is 7.49. The summed E-state index contributed by atoms with van der Waals surface area (Å²) in [6.07, 6.45) is 0.238. The SMILES string of the molecule is CC1CC(OC(=O)CCCOc2cccc(Br)c2)C(=O)O1. The zero-order valence-electron chi connectivity index (χ0n) is 11.7. The fourth-order valence-corrected chi connectivity index (χ4v) is 2.38. The number of cyclic esters (lactones) is 1. The number of carbonyl (C=O) groups excluding carboxylic acids is 2. The minimum Gasteiger partial charge on any atom is -0.494 e. The molecule has 2 unspecified atom stereocenters. The van der Waals surface area contributed by atoms with Crippen LogP contribution in [0.3, 0.4) is 0 Å². The molecule has 0 aliphatic carbocycles. The van der Waals surface area contributed by atoms with Crippen LogP contribution in [0.2, 0.25) is 0 Å². The van der Waals surface area contributed by atoms with Gasteiger partial charge in [0, 0.05) is 17.3 Å². The fraction of sp³-hybridized carbons (Fsp3) is 0.467. The predicted octanol–water partition coefficient (Wildman–Crippen LogP) is 2.86. The molecule has 0 spiro atoms. The van der Waals surface area contributed by atoms with Crippen molar-refractivity contribution in [3.63, 3.8) is 0 Å². The molecule has 1 aromatic carbocycles. The van der Waals surface area contributed by atoms with Gasteiger partial charge in [-0.2, -0.15) is 0 Å². The molecule has 6 heteroatoms. The Hall–Kier alpha value is -1.56. The number of hydrogen-bond donors (Lipinski definition) is 0. The van der Waals surface area contributed by atoms with Crippen LogP contribution in [0.25, 0.3) is 0 Å². The van der Waals surface area contributed by atoms with Crippen LogP contribution in [0.1, 0.15) is 26.2 Å². The molecule has 1 fully saturated rings. The highest BCUT2D eigenvalue weighted by atomic mass is 79.9. The number of carbonyl (C=O) groups is 2. The van der Waals surface area contributed by atoms with Gasteiger partial charge in [0.1, 0.15) is 11.9 Å². The zero-order chi connectivity index (χ0) is 15.2. The van der Waals surface area contributed by atoms with Gasteiger partial charge in [-0.1, -0.05) is 22.0 Å². The van der Waals surface area contributed by atoms with Gasteiger partial charge in [-0.25, -0.2) is 4.79 Å². The molecule has 1 aliphatic rings. The Morgan fingerprint density at radius 2 is 2.29 bits per heavy atom. The smallest absolute Gasteiger partial charge is 0.347 e. The normalized spacial score (nSPS) is 21.0. The first-order valence-electron chi connectivity index (χ1n) is 6.83. The van der Waals surface area contributed by atoms with Crippen molar-refractivity contribution in [3.05, 3.63) is 28.7 Å². The first-order valence-corrected chi connectivity index (χ1v) is 7.62. The van der Waals surface area contributed by atoms with Gasteiger partial charge < -0.3 is 14.2 Å². The highest BCUT2D eigenvalue weighted by Crippen LogP contribution is 2.19. The van der Waals surface area contributed by atoms with Gasteiger partial charge in [-0.3, -0.25) is 4.79 Å². The van der Waals surface area contributed by atoms with Crippen molar-refractivity contribution < 1.29 is 23.8 Å². The monoisotopic (exact) mass is 356 g/mol. The van der Waals surface area contributed by atoms with E-state index in [0.717, 1.165) is 10.2 Å². The predicted molar refractivity (Wildman–Crippen MR) is 78.9 cm³/mol. The molecule has 1 aliphatic heterocycles. The Bertz CT molecular complexity index is 517. The van der Waals surface area contributed by atoms with E-state index in [0.29, 0.717) is 19.4 Å². The van der Waals surface area contributed by atoms with Crippen molar-refractivity contribution in [2.75, 3.05) is 6.61 Å². The van der Waals surface area contributed by atoms with Crippen LogP contribution in [0.15, 0.2) is 28.7 Å². The number of benzene rings is 1. The van der Waals surface area contributed by atoms with E-state index in [1.807, 2.05) is 24.3 Å². The molecule has 0 bridgehead atoms. The van der Waals surface area contributed by atoms with E-state index in [9.17, 15) is 9.59 Å². The summed E-state index contributed by atoms with van der Waals surface area (Å²) in [7, 11) is 0. The van der Waals surface area contributed by atoms with Crippen molar-refractivity contribution in [2.45, 2.75) is 38.4 Å². The van der Waals surface area contributed by atoms with Crippen molar-refractivity contribution in [1.82, 2.24) is 0 Å². The quantitative estimate of drug-likeness (QED) is 0.579. The maximum atomic E-state index is 11.6. The second kappa shape index (κ2) is 7.45. The molecule has 0 saturated carbocycles. The van der Waals surface area contributed by atoms with E-state index >= 15 is 0 Å². The average molecular weight is 357 g/mol. The number of ether oxygens (including phenoxy) is 3. The second-order valence-corrected chi connectivity index (χ2v) is 5.79. The summed E-state index contributed by atoms with van der Waals surface area (Å²) in [6.45, 7) is 2.19. The Morgan fingerprint density at radius 3 is 2.95 bits per heavy atom. The summed E-state index contributed by atoms with van der Waals surface area (Å²) in [4.78, 5) is 23.0. The minimum atomic E-state index is -0.751. The van der Waals surface area contributed by atoms with Gasteiger partial charge in [-0.15, -0.1) is 0 Å². The van der Waals surface area contributed by atoms with Gasteiger partial charge in [0.25, 0.3) is 0 Å². The fourth-order valence-electron chi connectivity index (χ4n) is 2.00. The topological polar surface area (TPSA) is 61.8 Å². The molecule has 21 heavy (non-hydrogen) atoms. The van der Waals surface area contributed by atoms with Gasteiger partial charge in [0.2, 0.25) is 6.10 Å². The largest absolute Gasteiger partial charge is 0.494 e. The van der Waals surface area contributed by atoms with Gasteiger partial charge >= 0.3 is 11.9 Å². The molecule has 0 N–H and O–H groups in total. The lowest BCUT2D eigenvalue weighted by atomic mass is 10.2. The summed E-state index contributed by atoms with van der Waals surface area (Å²) >= 11 is 3.36. The molecule has 0 amide bonds. The third kappa shape index (κ3) is 5.04. The highest BCUT2D eigenvalue weighted by Gasteiger charge is 2.34. The molecule has 1 aromatic rings. The van der Waals surface area contributed by atoms with Crippen molar-refractivity contribution >= 4 is 27.9 Å². The summed E-state index contributed by atoms with van der Waals surface area (Å²) in [5.41, 5.74) is 0. The first-order chi connectivity index (χ1) is 10.0. The van der Waals surface area contributed by atoms with Crippen molar-refractivity contribution in [3.8, 4) is 5.75 Å². The summed E-state index contributed by atoms with van der Waals surface area (Å²) in [5.74, 6) is -0.115. The van der Waals surface area contributed by atoms with Crippen LogP contribution in [-0.2, 0) is 19.1 Å². The molecule has 114 valence electrons. The van der Waals surface area contributed by atoms with Crippen LogP contribution in [0.4, 0.5) is 0 Å². The summed E-state index contributed by atoms with van der Waals surface area (Å²) in [5, 5.41) is 0. The Morgan fingerprint density at radius 1 is 1.48 bits per heavy atom. The Labute approximate surface area is 131 Å². The van der Waals surface area contributed by atoms with E-state index in [4.69, 9.17) is 14.2 Å². The van der Waals surface area contributed by atoms with Crippen LogP contribution in [0, 0.1) is 0 Å². The maximum absolute atomic E-state index is 11.6. The lowest BCUT2D eigenvalue weighted by molar-refractivity contribution is -0.161. The van der Waals surface area contributed by atoms with E-state index in [2.05, 4.69) is 15.9 Å². The lowest BCUT2D eigenvalue weighted by Crippen LogP contribution is -2.22. The van der Waals surface area contributed by atoms with Crippen LogP contribution < -0.4 is 4.74 Å². The van der Waals surface area contributed by atoms with Crippen LogP contribution in [-0.4, -0.2) is 30.8 Å². The van der Waals surface area contributed by atoms with E-state index < -0.39 is 18.0 Å². The second-order valence-electron chi connectivity index (χ2n) is 4.87. The molecular weight excluding hydrogens is 340 g/mol. The standard InChI is InChI=1S/C15H17BrO5/c1-10-8-13(15(18)20-10)21-14(17)6-3-7-19-12-5-2-4-11(16)9-12/h2,4-5,9-10,13H,3,6-8H2,1H3. The third-order valence-corrected chi connectivity index (χ3v) is 3.48. The maximum Gasteiger partial charge on any atom is 0.347 e. The van der Waals surface area contributed by atoms with Crippen molar-refractivity contribution in [1.29, 1.82) is 0 Å². The molecule has 1 saturated heterocycles. The van der Waals surface area contributed by atoms with E-state index in [1.165, 1.54) is 0 Å². The van der Waals surface area contributed by atoms with Crippen LogP contribution >= 0.6 is 15.9 Å². The number of esters is 2. The minimum absolute atomic E-state index is 0.185. The molecule has 2 atom stereocenters. The number of hydrogen-bond acceptors (Lipinski definition) is 5. The molecular formula is C15H17BrO5. The third-order valence-electron chi connectivity index (χ3n) is 2.99. The molecule has 1 heterocycles. The average Bonchev–Trinajstić information content (AvgIpc) is 2.73.